The van der Waals surface area contributed by atoms with Gasteiger partial charge in [0.25, 0.3) is 0 Å². The molecule has 0 saturated heterocycles. The van der Waals surface area contributed by atoms with Crippen LogP contribution in [-0.2, 0) is 0 Å². The first-order valence-corrected chi connectivity index (χ1v) is 4.30. The number of hydrogen-bond acceptors (Lipinski definition) is 1. The molecule has 0 amide bonds. The van der Waals surface area contributed by atoms with Gasteiger partial charge >= 0.3 is 0 Å². The predicted octanol–water partition coefficient (Wildman–Crippen LogP) is 3.26. The molecule has 0 N–H and O–H groups in total. The number of hydrogen-bond donors (Lipinski definition) is 0. The van der Waals surface area contributed by atoms with E-state index >= 15 is 0 Å². The van der Waals surface area contributed by atoms with Crippen molar-refractivity contribution in [1.29, 1.82) is 0 Å². The van der Waals surface area contributed by atoms with Crippen molar-refractivity contribution in [2.45, 2.75) is 26.2 Å². The van der Waals surface area contributed by atoms with Crippen LogP contribution in [0.1, 0.15) is 26.2 Å². The Morgan fingerprint density at radius 3 is 2.75 bits per heavy atom. The van der Waals surface area contributed by atoms with Gasteiger partial charge in [-0.3, -0.25) is 4.99 Å². The summed E-state index contributed by atoms with van der Waals surface area (Å²) in [5, 5.41) is 0. The smallest absolute Gasteiger partial charge is 0.0680 e. The van der Waals surface area contributed by atoms with Crippen molar-refractivity contribution in [2.75, 3.05) is 0 Å². The topological polar surface area (TPSA) is 12.4 Å². The molecule has 0 radical (unpaired) electrons. The molecule has 1 nitrogen and oxygen atoms in total. The van der Waals surface area contributed by atoms with Gasteiger partial charge in [-0.2, -0.15) is 0 Å². The van der Waals surface area contributed by atoms with E-state index in [1.807, 2.05) is 13.0 Å². The highest BCUT2D eigenvalue weighted by Gasteiger charge is 2.11. The van der Waals surface area contributed by atoms with Crippen LogP contribution in [0.2, 0.25) is 0 Å². The predicted molar refractivity (Wildman–Crippen MR) is 54.4 cm³/mol. The lowest BCUT2D eigenvalue weighted by Crippen LogP contribution is -1.98. The van der Waals surface area contributed by atoms with E-state index in [0.717, 1.165) is 24.1 Å². The third-order valence-electron chi connectivity index (χ3n) is 2.09. The summed E-state index contributed by atoms with van der Waals surface area (Å²) in [4.78, 5) is 4.01. The van der Waals surface area contributed by atoms with Gasteiger partial charge in [-0.1, -0.05) is 18.7 Å². The van der Waals surface area contributed by atoms with Gasteiger partial charge in [-0.05, 0) is 44.0 Å². The number of nitrogens with zero attached hydrogens (tertiary/aromatic N) is 1. The fourth-order valence-electron chi connectivity index (χ4n) is 1.53. The Bertz CT molecular complexity index is 256. The summed E-state index contributed by atoms with van der Waals surface area (Å²) in [5.74, 6) is 0. The summed E-state index contributed by atoms with van der Waals surface area (Å²) in [5.41, 5.74) is 3.42. The molecule has 0 saturated carbocycles. The van der Waals surface area contributed by atoms with E-state index in [-0.39, 0.29) is 0 Å². The van der Waals surface area contributed by atoms with Crippen LogP contribution in [0.15, 0.2) is 40.6 Å². The molecular formula is C11H15N. The molecule has 0 aromatic heterocycles. The van der Waals surface area contributed by atoms with E-state index < -0.39 is 0 Å². The van der Waals surface area contributed by atoms with Crippen LogP contribution in [0.4, 0.5) is 0 Å². The summed E-state index contributed by atoms with van der Waals surface area (Å²) in [7, 11) is 0. The molecule has 0 fully saturated rings. The highest BCUT2D eigenvalue weighted by molar-refractivity contribution is 5.45. The minimum Gasteiger partial charge on any atom is -0.264 e. The summed E-state index contributed by atoms with van der Waals surface area (Å²) in [6, 6.07) is 0. The zero-order valence-corrected chi connectivity index (χ0v) is 7.64. The van der Waals surface area contributed by atoms with Crippen LogP contribution in [-0.4, -0.2) is 6.72 Å². The summed E-state index contributed by atoms with van der Waals surface area (Å²) >= 11 is 0. The Morgan fingerprint density at radius 2 is 2.17 bits per heavy atom. The maximum atomic E-state index is 4.01. The molecule has 0 bridgehead atoms. The molecule has 1 rings (SSSR count). The maximum absolute atomic E-state index is 4.01. The van der Waals surface area contributed by atoms with Gasteiger partial charge < -0.3 is 0 Å². The molecule has 1 heteroatoms. The quantitative estimate of drug-likeness (QED) is 0.551. The van der Waals surface area contributed by atoms with E-state index in [2.05, 4.69) is 24.4 Å². The number of allylic oxidation sites excluding steroid dienone is 4. The Morgan fingerprint density at radius 1 is 1.42 bits per heavy atom. The Balaban J connectivity index is 3.01. The van der Waals surface area contributed by atoms with Gasteiger partial charge in [0.15, 0.2) is 0 Å². The lowest BCUT2D eigenvalue weighted by molar-refractivity contribution is 0.775. The standard InChI is InChI=1S/C11H15N/c1-4-6-10-8-5-7-9(2)11(10)12-3/h4,6H,2-3,5,7-8H2,1H3/b6-4-. The molecule has 12 heavy (non-hydrogen) atoms. The summed E-state index contributed by atoms with van der Waals surface area (Å²) in [6.45, 7) is 9.56. The van der Waals surface area contributed by atoms with Crippen LogP contribution in [0.3, 0.4) is 0 Å². The lowest BCUT2D eigenvalue weighted by atomic mass is 9.93. The molecule has 0 atom stereocenters. The van der Waals surface area contributed by atoms with Gasteiger partial charge in [0.05, 0.1) is 5.70 Å². The first-order chi connectivity index (χ1) is 5.79. The van der Waals surface area contributed by atoms with Crippen molar-refractivity contribution >= 4 is 6.72 Å². The second-order valence-electron chi connectivity index (χ2n) is 2.99. The first kappa shape index (κ1) is 8.98. The molecule has 0 spiro atoms. The van der Waals surface area contributed by atoms with Crippen LogP contribution >= 0.6 is 0 Å². The summed E-state index contributed by atoms with van der Waals surface area (Å²) in [6.07, 6.45) is 7.51. The Hall–Kier alpha value is -1.11. The third kappa shape index (κ3) is 1.73. The second kappa shape index (κ2) is 4.05. The van der Waals surface area contributed by atoms with Crippen molar-refractivity contribution in [3.05, 3.63) is 35.6 Å². The average molecular weight is 161 g/mol. The lowest BCUT2D eigenvalue weighted by Gasteiger charge is -2.16. The fraction of sp³-hybridized carbons (Fsp3) is 0.364. The monoisotopic (exact) mass is 161 g/mol. The van der Waals surface area contributed by atoms with E-state index in [1.165, 1.54) is 12.0 Å². The van der Waals surface area contributed by atoms with E-state index in [0.29, 0.717) is 0 Å². The highest BCUT2D eigenvalue weighted by Crippen LogP contribution is 2.29. The van der Waals surface area contributed by atoms with Gasteiger partial charge in [-0.25, -0.2) is 0 Å². The van der Waals surface area contributed by atoms with Crippen LogP contribution in [0.25, 0.3) is 0 Å². The van der Waals surface area contributed by atoms with Crippen molar-refractivity contribution in [3.8, 4) is 0 Å². The zero-order valence-electron chi connectivity index (χ0n) is 7.64. The normalized spacial score (nSPS) is 18.9. The SMILES string of the molecule is C=NC1=C(/C=C\C)CCCC1=C. The fourth-order valence-corrected chi connectivity index (χ4v) is 1.53. The molecule has 64 valence electrons. The molecule has 1 aliphatic rings. The highest BCUT2D eigenvalue weighted by atomic mass is 14.7. The van der Waals surface area contributed by atoms with Crippen LogP contribution in [0.5, 0.6) is 0 Å². The molecule has 0 aromatic rings. The van der Waals surface area contributed by atoms with Crippen LogP contribution < -0.4 is 0 Å². The molecule has 0 heterocycles. The second-order valence-corrected chi connectivity index (χ2v) is 2.99. The van der Waals surface area contributed by atoms with E-state index in [1.54, 1.807) is 0 Å². The van der Waals surface area contributed by atoms with E-state index in [9.17, 15) is 0 Å². The van der Waals surface area contributed by atoms with Gasteiger partial charge in [-0.15, -0.1) is 0 Å². The zero-order chi connectivity index (χ0) is 8.97. The molecule has 0 unspecified atom stereocenters. The Labute approximate surface area is 74.2 Å². The third-order valence-corrected chi connectivity index (χ3v) is 2.09. The molecule has 0 aliphatic heterocycles. The molecular weight excluding hydrogens is 146 g/mol. The molecule has 0 aromatic carbocycles. The van der Waals surface area contributed by atoms with Crippen molar-refractivity contribution in [3.63, 3.8) is 0 Å². The largest absolute Gasteiger partial charge is 0.264 e. The van der Waals surface area contributed by atoms with Gasteiger partial charge in [0, 0.05) is 0 Å². The maximum Gasteiger partial charge on any atom is 0.0680 e. The van der Waals surface area contributed by atoms with Crippen molar-refractivity contribution in [1.82, 2.24) is 0 Å². The van der Waals surface area contributed by atoms with E-state index in [4.69, 9.17) is 0 Å². The minimum atomic E-state index is 1.01. The van der Waals surface area contributed by atoms with Crippen LogP contribution in [0, 0.1) is 0 Å². The van der Waals surface area contributed by atoms with Gasteiger partial charge in [0.1, 0.15) is 0 Å². The number of aliphatic imine (C=N–C) groups is 1. The average Bonchev–Trinajstić information content (AvgIpc) is 2.05. The van der Waals surface area contributed by atoms with Crippen molar-refractivity contribution in [2.24, 2.45) is 4.99 Å². The van der Waals surface area contributed by atoms with Gasteiger partial charge in [0.2, 0.25) is 0 Å². The number of rotatable bonds is 2. The molecule has 1 aliphatic carbocycles. The Kier molecular flexibility index (Phi) is 3.03. The first-order valence-electron chi connectivity index (χ1n) is 4.30. The summed E-state index contributed by atoms with van der Waals surface area (Å²) < 4.78 is 0. The minimum absolute atomic E-state index is 1.01. The van der Waals surface area contributed by atoms with Crippen molar-refractivity contribution < 1.29 is 0 Å².